The maximum Gasteiger partial charge on any atom is 0.276 e. The number of anilines is 1. The number of hydrogen-bond acceptors (Lipinski definition) is 7. The molecule has 2 aromatic rings. The van der Waals surface area contributed by atoms with Crippen molar-refractivity contribution in [3.05, 3.63) is 23.1 Å². The van der Waals surface area contributed by atoms with Gasteiger partial charge in [0.25, 0.3) is 5.91 Å². The summed E-state index contributed by atoms with van der Waals surface area (Å²) < 4.78 is 26.1. The molecular weight excluding hydrogens is 367 g/mol. The largest absolute Gasteiger partial charge is 0.372 e. The number of amides is 1. The van der Waals surface area contributed by atoms with E-state index >= 15 is 4.39 Å². The Hall–Kier alpha value is -2.99. The standard InChI is InChI=1S/C19H19FN4O4/c1-10-5-23(6-11(2)27-10)17-13(9-25)3-14-16(22-28-18(14)15(17)20)19(26)24-7-12(4-21)8-24/h3,9-12H,5-8H2,1-2H3/t10-,11+. The van der Waals surface area contributed by atoms with E-state index in [1.807, 2.05) is 13.8 Å². The molecule has 2 saturated heterocycles. The van der Waals surface area contributed by atoms with Crippen molar-refractivity contribution in [2.75, 3.05) is 31.1 Å². The topological polar surface area (TPSA) is 99.7 Å². The number of morpholine rings is 1. The molecule has 0 spiro atoms. The number of fused-ring (bicyclic) bond motifs is 1. The first-order valence-corrected chi connectivity index (χ1v) is 9.09. The van der Waals surface area contributed by atoms with Crippen molar-refractivity contribution in [2.45, 2.75) is 26.1 Å². The second-order valence-corrected chi connectivity index (χ2v) is 7.35. The number of carbonyl (C=O) groups is 2. The number of carbonyl (C=O) groups excluding carboxylic acids is 2. The first-order chi connectivity index (χ1) is 13.4. The molecule has 0 N–H and O–H groups in total. The fourth-order valence-electron chi connectivity index (χ4n) is 3.85. The molecule has 0 saturated carbocycles. The van der Waals surface area contributed by atoms with E-state index in [2.05, 4.69) is 11.2 Å². The van der Waals surface area contributed by atoms with Crippen LogP contribution in [0.2, 0.25) is 0 Å². The highest BCUT2D eigenvalue weighted by atomic mass is 19.1. The lowest BCUT2D eigenvalue weighted by Gasteiger charge is -2.37. The van der Waals surface area contributed by atoms with Crippen molar-refractivity contribution in [2.24, 2.45) is 5.92 Å². The maximum atomic E-state index is 15.3. The van der Waals surface area contributed by atoms with Crippen molar-refractivity contribution in [3.8, 4) is 6.07 Å². The summed E-state index contributed by atoms with van der Waals surface area (Å²) in [5, 5.41) is 12.8. The minimum atomic E-state index is -0.717. The minimum absolute atomic E-state index is 0.0522. The van der Waals surface area contributed by atoms with E-state index in [1.54, 1.807) is 4.90 Å². The van der Waals surface area contributed by atoms with Crippen LogP contribution in [0.3, 0.4) is 0 Å². The van der Waals surface area contributed by atoms with E-state index in [-0.39, 0.29) is 46.0 Å². The van der Waals surface area contributed by atoms with Crippen LogP contribution in [-0.2, 0) is 4.74 Å². The molecule has 8 nitrogen and oxygen atoms in total. The summed E-state index contributed by atoms with van der Waals surface area (Å²) in [4.78, 5) is 27.5. The fraction of sp³-hybridized carbons (Fsp3) is 0.474. The average molecular weight is 386 g/mol. The summed E-state index contributed by atoms with van der Waals surface area (Å²) >= 11 is 0. The lowest BCUT2D eigenvalue weighted by molar-refractivity contribution is -0.00543. The van der Waals surface area contributed by atoms with Gasteiger partial charge in [0.1, 0.15) is 0 Å². The van der Waals surface area contributed by atoms with Gasteiger partial charge in [-0.3, -0.25) is 9.59 Å². The Bertz CT molecular complexity index is 982. The summed E-state index contributed by atoms with van der Waals surface area (Å²) in [7, 11) is 0. The monoisotopic (exact) mass is 386 g/mol. The Morgan fingerprint density at radius 3 is 2.61 bits per heavy atom. The molecule has 2 aliphatic heterocycles. The van der Waals surface area contributed by atoms with Gasteiger partial charge in [-0.1, -0.05) is 5.16 Å². The van der Waals surface area contributed by atoms with Gasteiger partial charge in [0.2, 0.25) is 5.58 Å². The van der Waals surface area contributed by atoms with Crippen molar-refractivity contribution < 1.29 is 23.2 Å². The molecule has 0 radical (unpaired) electrons. The van der Waals surface area contributed by atoms with E-state index < -0.39 is 11.7 Å². The van der Waals surface area contributed by atoms with Gasteiger partial charge in [-0.2, -0.15) is 5.26 Å². The summed E-state index contributed by atoms with van der Waals surface area (Å²) in [6, 6.07) is 3.53. The molecule has 9 heteroatoms. The SMILES string of the molecule is C[C@@H]1CN(c2c(C=O)cc3c(C(=O)N4CC(C#N)C4)noc3c2F)C[C@H](C)O1. The van der Waals surface area contributed by atoms with Gasteiger partial charge >= 0.3 is 0 Å². The lowest BCUT2D eigenvalue weighted by Crippen LogP contribution is -2.49. The van der Waals surface area contributed by atoms with Crippen LogP contribution in [0.25, 0.3) is 11.0 Å². The number of hydrogen-bond donors (Lipinski definition) is 0. The fourth-order valence-corrected chi connectivity index (χ4v) is 3.85. The number of nitriles is 1. The molecule has 0 bridgehead atoms. The van der Waals surface area contributed by atoms with Gasteiger partial charge < -0.3 is 19.1 Å². The van der Waals surface area contributed by atoms with E-state index in [4.69, 9.17) is 14.5 Å². The first-order valence-electron chi connectivity index (χ1n) is 9.09. The number of likely N-dealkylation sites (tertiary alicyclic amines) is 1. The third kappa shape index (κ3) is 2.90. The second kappa shape index (κ2) is 6.87. The molecule has 2 aliphatic rings. The molecular formula is C19H19FN4O4. The van der Waals surface area contributed by atoms with Gasteiger partial charge in [0, 0.05) is 31.7 Å². The molecule has 2 fully saturated rings. The Labute approximate surface area is 160 Å². The zero-order valence-corrected chi connectivity index (χ0v) is 15.5. The zero-order valence-electron chi connectivity index (χ0n) is 15.5. The van der Waals surface area contributed by atoms with Crippen molar-refractivity contribution in [1.29, 1.82) is 5.26 Å². The van der Waals surface area contributed by atoms with Crippen LogP contribution >= 0.6 is 0 Å². The number of nitrogens with zero attached hydrogens (tertiary/aromatic N) is 4. The van der Waals surface area contributed by atoms with Crippen LogP contribution in [0.5, 0.6) is 0 Å². The minimum Gasteiger partial charge on any atom is -0.372 e. The molecule has 4 rings (SSSR count). The van der Waals surface area contributed by atoms with Crippen molar-refractivity contribution in [1.82, 2.24) is 10.1 Å². The number of aromatic nitrogens is 1. The van der Waals surface area contributed by atoms with Crippen LogP contribution in [0.4, 0.5) is 10.1 Å². The zero-order chi connectivity index (χ0) is 20.0. The highest BCUT2D eigenvalue weighted by molar-refractivity contribution is 6.07. The number of rotatable bonds is 3. The van der Waals surface area contributed by atoms with Crippen molar-refractivity contribution >= 4 is 28.8 Å². The molecule has 146 valence electrons. The highest BCUT2D eigenvalue weighted by Crippen LogP contribution is 2.35. The number of ether oxygens (including phenoxy) is 1. The van der Waals surface area contributed by atoms with Gasteiger partial charge in [0.15, 0.2) is 17.8 Å². The van der Waals surface area contributed by atoms with E-state index in [0.717, 1.165) is 0 Å². The lowest BCUT2D eigenvalue weighted by atomic mass is 10.0. The Morgan fingerprint density at radius 1 is 1.32 bits per heavy atom. The summed E-state index contributed by atoms with van der Waals surface area (Å²) in [6.45, 7) is 5.22. The highest BCUT2D eigenvalue weighted by Gasteiger charge is 2.35. The molecule has 0 aliphatic carbocycles. The molecule has 1 amide bonds. The van der Waals surface area contributed by atoms with Crippen LogP contribution in [0.1, 0.15) is 34.7 Å². The Balaban J connectivity index is 1.74. The Morgan fingerprint density at radius 2 is 2.00 bits per heavy atom. The van der Waals surface area contributed by atoms with Crippen LogP contribution < -0.4 is 4.90 Å². The third-order valence-electron chi connectivity index (χ3n) is 5.13. The molecule has 1 aromatic heterocycles. The summed E-state index contributed by atoms with van der Waals surface area (Å²) in [5.41, 5.74) is 0.0481. The van der Waals surface area contributed by atoms with Gasteiger partial charge in [-0.15, -0.1) is 0 Å². The normalized spacial score (nSPS) is 22.8. The smallest absolute Gasteiger partial charge is 0.276 e. The maximum absolute atomic E-state index is 15.3. The van der Waals surface area contributed by atoms with Crippen molar-refractivity contribution in [3.63, 3.8) is 0 Å². The molecule has 1 aromatic carbocycles. The summed E-state index contributed by atoms with van der Waals surface area (Å²) in [5.74, 6) is -1.37. The third-order valence-corrected chi connectivity index (χ3v) is 5.13. The van der Waals surface area contributed by atoms with Gasteiger partial charge in [0.05, 0.1) is 35.3 Å². The quantitative estimate of drug-likeness (QED) is 0.744. The molecule has 3 heterocycles. The second-order valence-electron chi connectivity index (χ2n) is 7.35. The molecule has 2 atom stereocenters. The van der Waals surface area contributed by atoms with Crippen LogP contribution in [0, 0.1) is 23.1 Å². The summed E-state index contributed by atoms with van der Waals surface area (Å²) in [6.07, 6.45) is 0.327. The van der Waals surface area contributed by atoms with Crippen LogP contribution in [-0.4, -0.2) is 60.6 Å². The first kappa shape index (κ1) is 18.4. The van der Waals surface area contributed by atoms with E-state index in [0.29, 0.717) is 32.5 Å². The van der Waals surface area contributed by atoms with E-state index in [9.17, 15) is 9.59 Å². The van der Waals surface area contributed by atoms with Gasteiger partial charge in [-0.05, 0) is 19.9 Å². The Kier molecular flexibility index (Phi) is 4.51. The van der Waals surface area contributed by atoms with Gasteiger partial charge in [-0.25, -0.2) is 4.39 Å². The van der Waals surface area contributed by atoms with E-state index in [1.165, 1.54) is 11.0 Å². The predicted octanol–water partition coefficient (Wildman–Crippen LogP) is 1.99. The van der Waals surface area contributed by atoms with Crippen LogP contribution in [0.15, 0.2) is 10.6 Å². The molecule has 0 unspecified atom stereocenters. The number of aldehydes is 1. The average Bonchev–Trinajstić information content (AvgIpc) is 3.03. The number of benzene rings is 1. The molecule has 28 heavy (non-hydrogen) atoms. The number of halogens is 1. The predicted molar refractivity (Wildman–Crippen MR) is 96.6 cm³/mol.